The molecular formula is C29H30ClN3O2. The molecule has 0 N–H and O–H groups in total. The number of hydrogen-bond acceptors (Lipinski definition) is 4. The van der Waals surface area contributed by atoms with Crippen molar-refractivity contribution in [2.45, 2.75) is 52.1 Å². The average Bonchev–Trinajstić information content (AvgIpc) is 3.00. The molecule has 5 rings (SSSR count). The minimum absolute atomic E-state index is 0.0242. The Morgan fingerprint density at radius 3 is 2.69 bits per heavy atom. The highest BCUT2D eigenvalue weighted by atomic mass is 35.5. The summed E-state index contributed by atoms with van der Waals surface area (Å²) >= 11 is 6.36. The summed E-state index contributed by atoms with van der Waals surface area (Å²) in [4.78, 5) is 18.2. The number of pyridine rings is 2. The highest BCUT2D eigenvalue weighted by molar-refractivity contribution is 6.30. The Bertz CT molecular complexity index is 1290. The highest BCUT2D eigenvalue weighted by Gasteiger charge is 2.25. The predicted molar refractivity (Wildman–Crippen MR) is 135 cm³/mol. The smallest absolute Gasteiger partial charge is 0.173 e. The topological polar surface area (TPSA) is 60.1 Å². The van der Waals surface area contributed by atoms with Crippen molar-refractivity contribution in [3.05, 3.63) is 99.1 Å². The van der Waals surface area contributed by atoms with Crippen LogP contribution in [0.1, 0.15) is 52.8 Å². The van der Waals surface area contributed by atoms with Gasteiger partial charge in [-0.25, -0.2) is 4.57 Å². The summed E-state index contributed by atoms with van der Waals surface area (Å²) in [6.45, 7) is 5.31. The van der Waals surface area contributed by atoms with Gasteiger partial charge in [-0.05, 0) is 73.6 Å². The van der Waals surface area contributed by atoms with Crippen LogP contribution in [0.25, 0.3) is 5.57 Å². The van der Waals surface area contributed by atoms with Crippen LogP contribution < -0.4 is 9.67 Å². The van der Waals surface area contributed by atoms with Crippen LogP contribution in [0.15, 0.2) is 60.6 Å². The quantitative estimate of drug-likeness (QED) is 0.515. The van der Waals surface area contributed by atoms with E-state index in [1.54, 1.807) is 0 Å². The van der Waals surface area contributed by atoms with Crippen LogP contribution in [0.5, 0.6) is 0 Å². The number of carbonyl (C=O) groups excluding carboxylic acids is 1. The van der Waals surface area contributed by atoms with Gasteiger partial charge in [-0.15, -0.1) is 0 Å². The molecule has 1 fully saturated rings. The van der Waals surface area contributed by atoms with E-state index in [0.29, 0.717) is 6.54 Å². The van der Waals surface area contributed by atoms with E-state index in [9.17, 15) is 9.90 Å². The number of benzene rings is 1. The highest BCUT2D eigenvalue weighted by Crippen LogP contribution is 2.38. The van der Waals surface area contributed by atoms with Crippen LogP contribution in [0.4, 0.5) is 0 Å². The number of rotatable bonds is 5. The van der Waals surface area contributed by atoms with Crippen molar-refractivity contribution in [2.75, 3.05) is 13.1 Å². The third-order valence-corrected chi connectivity index (χ3v) is 7.27. The molecule has 2 aliphatic rings. The summed E-state index contributed by atoms with van der Waals surface area (Å²) in [5.41, 5.74) is 10.2. The molecule has 0 bridgehead atoms. The number of carboxylic acids is 1. The summed E-state index contributed by atoms with van der Waals surface area (Å²) in [7, 11) is 0. The predicted octanol–water partition coefficient (Wildman–Crippen LogP) is 3.67. The maximum atomic E-state index is 10.9. The number of aromatic nitrogens is 2. The van der Waals surface area contributed by atoms with Gasteiger partial charge < -0.3 is 9.90 Å². The first-order valence-electron chi connectivity index (χ1n) is 12.3. The molecule has 1 aromatic carbocycles. The third kappa shape index (κ3) is 5.47. The fraction of sp³-hybridized carbons (Fsp3) is 0.345. The zero-order valence-corrected chi connectivity index (χ0v) is 20.9. The molecule has 6 heteroatoms. The average molecular weight is 488 g/mol. The fourth-order valence-corrected chi connectivity index (χ4v) is 5.63. The number of carboxylic acid groups (broad SMARTS) is 1. The Morgan fingerprint density at radius 1 is 1.09 bits per heavy atom. The lowest BCUT2D eigenvalue weighted by Crippen LogP contribution is -2.38. The number of likely N-dealkylation sites (tertiary alicyclic amines) is 1. The Kier molecular flexibility index (Phi) is 6.98. The van der Waals surface area contributed by atoms with Crippen molar-refractivity contribution < 1.29 is 14.5 Å². The molecule has 0 spiro atoms. The van der Waals surface area contributed by atoms with Gasteiger partial charge in [-0.3, -0.25) is 9.88 Å². The molecule has 0 radical (unpaired) electrons. The molecule has 1 aliphatic carbocycles. The van der Waals surface area contributed by atoms with Gasteiger partial charge in [0.15, 0.2) is 18.9 Å². The van der Waals surface area contributed by atoms with Crippen molar-refractivity contribution in [1.29, 1.82) is 0 Å². The van der Waals surface area contributed by atoms with Gasteiger partial charge in [-0.1, -0.05) is 29.3 Å². The summed E-state index contributed by atoms with van der Waals surface area (Å²) in [5, 5.41) is 11.7. The first kappa shape index (κ1) is 23.7. The minimum atomic E-state index is -1.02. The lowest BCUT2D eigenvalue weighted by Gasteiger charge is -2.30. The van der Waals surface area contributed by atoms with Gasteiger partial charge in [0, 0.05) is 59.9 Å². The molecule has 35 heavy (non-hydrogen) atoms. The molecule has 3 aromatic rings. The van der Waals surface area contributed by atoms with Crippen molar-refractivity contribution in [3.8, 4) is 0 Å². The molecule has 1 saturated heterocycles. The second-order valence-electron chi connectivity index (χ2n) is 9.65. The number of aryl methyl sites for hydroxylation is 4. The standard InChI is InChI=1S/C29H30ClN3O2/c1-20-15-21(19-33(17-20)14-10-27(34)35)18-32-12-8-22(9-13-32)28-26-7-6-25(30)16-24(26)5-4-23-3-2-11-31-29(23)28/h2-3,6-7,11,15-17,19H,4-5,8-10,12-14,18H2,1H3. The molecule has 5 nitrogen and oxygen atoms in total. The largest absolute Gasteiger partial charge is 0.550 e. The molecule has 2 aromatic heterocycles. The van der Waals surface area contributed by atoms with Crippen LogP contribution in [0.3, 0.4) is 0 Å². The lowest BCUT2D eigenvalue weighted by atomic mass is 9.88. The molecule has 0 amide bonds. The first-order chi connectivity index (χ1) is 17.0. The van der Waals surface area contributed by atoms with Crippen LogP contribution in [-0.4, -0.2) is 28.9 Å². The van der Waals surface area contributed by atoms with E-state index < -0.39 is 5.97 Å². The zero-order chi connectivity index (χ0) is 24.4. The van der Waals surface area contributed by atoms with E-state index in [2.05, 4.69) is 42.3 Å². The molecular weight excluding hydrogens is 458 g/mol. The molecule has 1 aliphatic heterocycles. The van der Waals surface area contributed by atoms with Gasteiger partial charge in [0.25, 0.3) is 0 Å². The second-order valence-corrected chi connectivity index (χ2v) is 10.1. The number of fused-ring (bicyclic) bond motifs is 2. The van der Waals surface area contributed by atoms with Crippen LogP contribution in [0, 0.1) is 6.92 Å². The van der Waals surface area contributed by atoms with E-state index in [1.807, 2.05) is 29.1 Å². The Hall–Kier alpha value is -3.02. The fourth-order valence-electron chi connectivity index (χ4n) is 5.44. The SMILES string of the molecule is Cc1cc(CN2CCC(=C3c4ccc(Cl)cc4CCc4cccnc43)CC2)c[n+](CCC(=O)[O-])c1. The Morgan fingerprint density at radius 2 is 1.89 bits per heavy atom. The van der Waals surface area contributed by atoms with E-state index in [0.717, 1.165) is 61.6 Å². The van der Waals surface area contributed by atoms with Crippen LogP contribution in [0.2, 0.25) is 5.02 Å². The van der Waals surface area contributed by atoms with Crippen molar-refractivity contribution in [2.24, 2.45) is 0 Å². The third-order valence-electron chi connectivity index (χ3n) is 7.04. The summed E-state index contributed by atoms with van der Waals surface area (Å²) in [5.74, 6) is -1.02. The number of hydrogen-bond donors (Lipinski definition) is 0. The van der Waals surface area contributed by atoms with Gasteiger partial charge in [0.2, 0.25) is 0 Å². The van der Waals surface area contributed by atoms with E-state index in [-0.39, 0.29) is 6.42 Å². The molecule has 0 saturated carbocycles. The number of carbonyl (C=O) groups is 1. The molecule has 180 valence electrons. The van der Waals surface area contributed by atoms with Crippen molar-refractivity contribution in [3.63, 3.8) is 0 Å². The van der Waals surface area contributed by atoms with Gasteiger partial charge in [-0.2, -0.15) is 0 Å². The Labute approximate surface area is 211 Å². The van der Waals surface area contributed by atoms with Crippen molar-refractivity contribution in [1.82, 2.24) is 9.88 Å². The number of piperidine rings is 1. The monoisotopic (exact) mass is 487 g/mol. The Balaban J connectivity index is 1.38. The van der Waals surface area contributed by atoms with E-state index in [4.69, 9.17) is 16.6 Å². The summed E-state index contributed by atoms with van der Waals surface area (Å²) in [6, 6.07) is 12.7. The summed E-state index contributed by atoms with van der Waals surface area (Å²) in [6.07, 6.45) is 9.95. The van der Waals surface area contributed by atoms with E-state index >= 15 is 0 Å². The molecule has 0 unspecified atom stereocenters. The first-order valence-corrected chi connectivity index (χ1v) is 12.7. The summed E-state index contributed by atoms with van der Waals surface area (Å²) < 4.78 is 1.97. The maximum absolute atomic E-state index is 10.9. The van der Waals surface area contributed by atoms with Crippen LogP contribution in [-0.2, 0) is 30.7 Å². The zero-order valence-electron chi connectivity index (χ0n) is 20.1. The molecule has 3 heterocycles. The number of aliphatic carboxylic acids is 1. The lowest BCUT2D eigenvalue weighted by molar-refractivity contribution is -0.697. The number of nitrogens with zero attached hydrogens (tertiary/aromatic N) is 3. The minimum Gasteiger partial charge on any atom is -0.550 e. The van der Waals surface area contributed by atoms with Gasteiger partial charge in [0.05, 0.1) is 5.69 Å². The maximum Gasteiger partial charge on any atom is 0.173 e. The van der Waals surface area contributed by atoms with Crippen molar-refractivity contribution >= 4 is 23.1 Å². The normalized spacial score (nSPS) is 15.9. The molecule has 0 atom stereocenters. The van der Waals surface area contributed by atoms with Gasteiger partial charge in [0.1, 0.15) is 0 Å². The van der Waals surface area contributed by atoms with Crippen LogP contribution >= 0.6 is 11.6 Å². The van der Waals surface area contributed by atoms with E-state index in [1.165, 1.54) is 33.4 Å². The second kappa shape index (κ2) is 10.3. The number of halogens is 1. The van der Waals surface area contributed by atoms with Gasteiger partial charge >= 0.3 is 0 Å².